The molecule has 164 valence electrons. The molecule has 3 fully saturated rings. The Kier molecular flexibility index (Phi) is 6.26. The van der Waals surface area contributed by atoms with Gasteiger partial charge in [0.1, 0.15) is 5.60 Å². The third-order valence-electron chi connectivity index (χ3n) is 7.11. The number of rotatable bonds is 10. The second-order valence-electron chi connectivity index (χ2n) is 9.25. The molecule has 0 aromatic rings. The molecule has 7 nitrogen and oxygen atoms in total. The van der Waals surface area contributed by atoms with E-state index in [9.17, 15) is 9.59 Å². The van der Waals surface area contributed by atoms with Crippen LogP contribution in [0.2, 0.25) is 0 Å². The maximum Gasteiger partial charge on any atom is 0.313 e. The van der Waals surface area contributed by atoms with Crippen molar-refractivity contribution in [2.75, 3.05) is 19.8 Å². The Morgan fingerprint density at radius 3 is 2.31 bits per heavy atom. The normalized spacial score (nSPS) is 31.1. The van der Waals surface area contributed by atoms with E-state index in [2.05, 4.69) is 20.8 Å². The maximum absolute atomic E-state index is 12.2. The Bertz CT molecular complexity index is 679. The lowest BCUT2D eigenvalue weighted by atomic mass is 9.44. The highest BCUT2D eigenvalue weighted by Crippen LogP contribution is 2.63. The van der Waals surface area contributed by atoms with E-state index in [1.54, 1.807) is 6.92 Å². The SMILES string of the molecule is CCOC(CCN1C(=O)C=C(C)C1=O)(OCC)OOC1(C)CCC2CC1C2(C)C. The first-order valence-corrected chi connectivity index (χ1v) is 10.8. The molecular weight excluding hydrogens is 374 g/mol. The highest BCUT2D eigenvalue weighted by Gasteiger charge is 2.61. The zero-order valence-electron chi connectivity index (χ0n) is 18.6. The highest BCUT2D eigenvalue weighted by molar-refractivity contribution is 6.15. The van der Waals surface area contributed by atoms with Crippen LogP contribution in [0.1, 0.15) is 67.2 Å². The summed E-state index contributed by atoms with van der Waals surface area (Å²) in [7, 11) is 0. The Morgan fingerprint density at radius 1 is 1.17 bits per heavy atom. The van der Waals surface area contributed by atoms with E-state index in [0.717, 1.165) is 25.2 Å². The van der Waals surface area contributed by atoms with Crippen molar-refractivity contribution in [1.82, 2.24) is 4.90 Å². The van der Waals surface area contributed by atoms with Crippen LogP contribution in [0.5, 0.6) is 0 Å². The molecule has 4 rings (SSSR count). The summed E-state index contributed by atoms with van der Waals surface area (Å²) in [5.41, 5.74) is 0.241. The second kappa shape index (κ2) is 8.10. The first kappa shape index (κ1) is 22.4. The molecule has 0 aromatic carbocycles. The first-order chi connectivity index (χ1) is 13.6. The summed E-state index contributed by atoms with van der Waals surface area (Å²) in [6.45, 7) is 12.8. The molecule has 1 heterocycles. The van der Waals surface area contributed by atoms with Gasteiger partial charge in [-0.15, -0.1) is 0 Å². The van der Waals surface area contributed by atoms with Gasteiger partial charge in [-0.1, -0.05) is 13.8 Å². The minimum absolute atomic E-state index is 0.128. The van der Waals surface area contributed by atoms with Gasteiger partial charge in [0, 0.05) is 31.4 Å². The van der Waals surface area contributed by atoms with Gasteiger partial charge < -0.3 is 9.47 Å². The summed E-state index contributed by atoms with van der Waals surface area (Å²) in [4.78, 5) is 37.4. The molecule has 3 aliphatic carbocycles. The Balaban J connectivity index is 1.69. The van der Waals surface area contributed by atoms with Crippen molar-refractivity contribution in [2.24, 2.45) is 17.3 Å². The number of fused-ring (bicyclic) bond motifs is 2. The maximum atomic E-state index is 12.2. The predicted molar refractivity (Wildman–Crippen MR) is 106 cm³/mol. The lowest BCUT2D eigenvalue weighted by Gasteiger charge is -2.63. The van der Waals surface area contributed by atoms with Crippen molar-refractivity contribution in [3.8, 4) is 0 Å². The topological polar surface area (TPSA) is 74.3 Å². The minimum atomic E-state index is -1.46. The number of carbonyl (C=O) groups excluding carboxylic acids is 2. The van der Waals surface area contributed by atoms with E-state index in [1.165, 1.54) is 11.0 Å². The molecule has 29 heavy (non-hydrogen) atoms. The molecule has 0 aromatic heterocycles. The van der Waals surface area contributed by atoms with E-state index in [1.807, 2.05) is 13.8 Å². The fourth-order valence-electron chi connectivity index (χ4n) is 5.25. The van der Waals surface area contributed by atoms with Crippen molar-refractivity contribution in [3.05, 3.63) is 11.6 Å². The average molecular weight is 410 g/mol. The van der Waals surface area contributed by atoms with Crippen molar-refractivity contribution < 1.29 is 28.8 Å². The molecule has 0 spiro atoms. The first-order valence-electron chi connectivity index (χ1n) is 10.8. The van der Waals surface area contributed by atoms with E-state index in [-0.39, 0.29) is 30.2 Å². The van der Waals surface area contributed by atoms with Gasteiger partial charge in [0.15, 0.2) is 0 Å². The van der Waals surface area contributed by atoms with Crippen LogP contribution in [-0.4, -0.2) is 48.0 Å². The molecule has 0 radical (unpaired) electrons. The van der Waals surface area contributed by atoms with E-state index in [4.69, 9.17) is 19.2 Å². The lowest BCUT2D eigenvalue weighted by molar-refractivity contribution is -0.542. The van der Waals surface area contributed by atoms with Crippen molar-refractivity contribution >= 4 is 11.8 Å². The van der Waals surface area contributed by atoms with Gasteiger partial charge in [-0.25, -0.2) is 4.89 Å². The Hall–Kier alpha value is -1.28. The van der Waals surface area contributed by atoms with Crippen LogP contribution in [0, 0.1) is 17.3 Å². The van der Waals surface area contributed by atoms with Crippen LogP contribution in [0.15, 0.2) is 11.6 Å². The van der Waals surface area contributed by atoms with Gasteiger partial charge in [-0.3, -0.25) is 14.5 Å². The number of carbonyl (C=O) groups is 2. The number of imide groups is 1. The smallest absolute Gasteiger partial charge is 0.313 e. The van der Waals surface area contributed by atoms with Crippen LogP contribution < -0.4 is 0 Å². The summed E-state index contributed by atoms with van der Waals surface area (Å²) in [5.74, 6) is -0.927. The van der Waals surface area contributed by atoms with Crippen molar-refractivity contribution in [1.29, 1.82) is 0 Å². The lowest BCUT2D eigenvalue weighted by Crippen LogP contribution is -2.62. The summed E-state index contributed by atoms with van der Waals surface area (Å²) in [6.07, 6.45) is 4.69. The van der Waals surface area contributed by atoms with Crippen LogP contribution in [0.4, 0.5) is 0 Å². The van der Waals surface area contributed by atoms with Gasteiger partial charge >= 0.3 is 5.97 Å². The van der Waals surface area contributed by atoms with Crippen LogP contribution >= 0.6 is 0 Å². The third kappa shape index (κ3) is 4.02. The van der Waals surface area contributed by atoms with E-state index >= 15 is 0 Å². The zero-order valence-corrected chi connectivity index (χ0v) is 18.6. The number of nitrogens with zero attached hydrogens (tertiary/aromatic N) is 1. The molecule has 1 aliphatic heterocycles. The van der Waals surface area contributed by atoms with Crippen LogP contribution in [-0.2, 0) is 28.8 Å². The number of ether oxygens (including phenoxy) is 2. The molecule has 3 saturated carbocycles. The van der Waals surface area contributed by atoms with Gasteiger partial charge in [0.2, 0.25) is 0 Å². The van der Waals surface area contributed by atoms with E-state index < -0.39 is 11.6 Å². The van der Waals surface area contributed by atoms with Gasteiger partial charge in [-0.2, -0.15) is 4.89 Å². The molecular formula is C22H35NO6. The standard InChI is InChI=1S/C22H35NO6/c1-7-26-22(27-8-2,11-12-23-18(24)13-15(3)19(23)25)29-28-21(6)10-9-16-14-17(21)20(16,4)5/h13,16-17H,7-12,14H2,1-6H3. The molecule has 0 saturated heterocycles. The average Bonchev–Trinajstić information content (AvgIpc) is 2.90. The summed E-state index contributed by atoms with van der Waals surface area (Å²) >= 11 is 0. The summed E-state index contributed by atoms with van der Waals surface area (Å²) in [6, 6.07) is 0. The largest absolute Gasteiger partial charge is 0.326 e. The molecule has 7 heteroatoms. The Morgan fingerprint density at radius 2 is 1.83 bits per heavy atom. The molecule has 2 bridgehead atoms. The fraction of sp³-hybridized carbons (Fsp3) is 0.818. The molecule has 2 amide bonds. The van der Waals surface area contributed by atoms with Gasteiger partial charge in [0.05, 0.1) is 6.42 Å². The van der Waals surface area contributed by atoms with Crippen LogP contribution in [0.25, 0.3) is 0 Å². The van der Waals surface area contributed by atoms with Gasteiger partial charge in [-0.05, 0) is 64.2 Å². The van der Waals surface area contributed by atoms with Gasteiger partial charge in [0.25, 0.3) is 11.8 Å². The monoisotopic (exact) mass is 409 g/mol. The predicted octanol–water partition coefficient (Wildman–Crippen LogP) is 3.58. The minimum Gasteiger partial charge on any atom is -0.326 e. The molecule has 0 N–H and O–H groups in total. The number of hydrogen-bond donors (Lipinski definition) is 0. The number of hydrogen-bond acceptors (Lipinski definition) is 6. The van der Waals surface area contributed by atoms with E-state index in [0.29, 0.717) is 24.7 Å². The third-order valence-corrected chi connectivity index (χ3v) is 7.11. The summed E-state index contributed by atoms with van der Waals surface area (Å²) in [5, 5.41) is 0. The van der Waals surface area contributed by atoms with Crippen molar-refractivity contribution in [3.63, 3.8) is 0 Å². The highest BCUT2D eigenvalue weighted by atomic mass is 17.3. The second-order valence-corrected chi connectivity index (χ2v) is 9.25. The Labute approximate surface area is 173 Å². The molecule has 3 unspecified atom stereocenters. The molecule has 3 atom stereocenters. The van der Waals surface area contributed by atoms with Crippen LogP contribution in [0.3, 0.4) is 0 Å². The van der Waals surface area contributed by atoms with Crippen molar-refractivity contribution in [2.45, 2.75) is 78.8 Å². The fourth-order valence-corrected chi connectivity index (χ4v) is 5.25. The zero-order chi connectivity index (χ0) is 21.4. The summed E-state index contributed by atoms with van der Waals surface area (Å²) < 4.78 is 11.7. The molecule has 4 aliphatic rings. The number of amides is 2. The quantitative estimate of drug-likeness (QED) is 0.238.